The van der Waals surface area contributed by atoms with Crippen molar-refractivity contribution in [2.45, 2.75) is 25.7 Å². The molecule has 0 spiro atoms. The fourth-order valence-corrected chi connectivity index (χ4v) is 4.07. The maximum Gasteiger partial charge on any atom is 0.194 e. The van der Waals surface area contributed by atoms with Crippen molar-refractivity contribution < 1.29 is 9.59 Å². The lowest BCUT2D eigenvalue weighted by molar-refractivity contribution is 0.0979. The summed E-state index contributed by atoms with van der Waals surface area (Å²) in [5, 5.41) is 2.00. The molecule has 2 nitrogen and oxygen atoms in total. The van der Waals surface area contributed by atoms with Crippen molar-refractivity contribution in [3.63, 3.8) is 0 Å². The molecule has 0 saturated carbocycles. The van der Waals surface area contributed by atoms with Crippen molar-refractivity contribution in [2.24, 2.45) is 0 Å². The lowest BCUT2D eigenvalue weighted by Gasteiger charge is -2.23. The SMILES string of the molecule is O=C1c2cc3c(cc2C(=O)c2cc4ccccc4cc21)CCCC3. The Morgan fingerprint density at radius 2 is 1.00 bits per heavy atom. The summed E-state index contributed by atoms with van der Waals surface area (Å²) in [6.45, 7) is 0. The van der Waals surface area contributed by atoms with Crippen molar-refractivity contribution >= 4 is 22.3 Å². The fraction of sp³-hybridized carbons (Fsp3) is 0.182. The van der Waals surface area contributed by atoms with Crippen LogP contribution in [-0.4, -0.2) is 11.6 Å². The summed E-state index contributed by atoms with van der Waals surface area (Å²) in [5.74, 6) is -0.0301. The van der Waals surface area contributed by atoms with Crippen LogP contribution in [0.3, 0.4) is 0 Å². The molecule has 0 aromatic heterocycles. The van der Waals surface area contributed by atoms with Gasteiger partial charge in [-0.1, -0.05) is 24.3 Å². The Hall–Kier alpha value is -2.74. The zero-order chi connectivity index (χ0) is 16.3. The number of hydrogen-bond acceptors (Lipinski definition) is 2. The molecule has 0 heterocycles. The van der Waals surface area contributed by atoms with E-state index < -0.39 is 0 Å². The zero-order valence-electron chi connectivity index (χ0n) is 13.3. The highest BCUT2D eigenvalue weighted by Gasteiger charge is 2.31. The third-order valence-electron chi connectivity index (χ3n) is 5.35. The fourth-order valence-electron chi connectivity index (χ4n) is 4.07. The van der Waals surface area contributed by atoms with Gasteiger partial charge in [-0.2, -0.15) is 0 Å². The summed E-state index contributed by atoms with van der Waals surface area (Å²) in [6, 6.07) is 15.6. The van der Waals surface area contributed by atoms with Crippen molar-refractivity contribution in [1.29, 1.82) is 0 Å². The standard InChI is InChI=1S/C22H16O2/c23-21-17-9-13-5-1-2-6-14(13)10-18(17)22(24)20-12-16-8-4-3-7-15(16)11-19(20)21/h1-2,5-6,9-12H,3-4,7-8H2. The summed E-state index contributed by atoms with van der Waals surface area (Å²) in [6.07, 6.45) is 4.34. The average Bonchev–Trinajstić information content (AvgIpc) is 2.64. The highest BCUT2D eigenvalue weighted by atomic mass is 16.1. The number of rotatable bonds is 0. The molecule has 3 aromatic rings. The number of hydrogen-bond donors (Lipinski definition) is 0. The van der Waals surface area contributed by atoms with Gasteiger partial charge in [0.1, 0.15) is 0 Å². The van der Waals surface area contributed by atoms with Crippen LogP contribution in [-0.2, 0) is 12.8 Å². The van der Waals surface area contributed by atoms with Crippen LogP contribution in [0.2, 0.25) is 0 Å². The number of aryl methyl sites for hydroxylation is 2. The van der Waals surface area contributed by atoms with E-state index in [-0.39, 0.29) is 11.6 Å². The van der Waals surface area contributed by atoms with E-state index in [2.05, 4.69) is 0 Å². The minimum Gasteiger partial charge on any atom is -0.289 e. The van der Waals surface area contributed by atoms with Gasteiger partial charge in [-0.3, -0.25) is 9.59 Å². The quantitative estimate of drug-likeness (QED) is 0.479. The van der Waals surface area contributed by atoms with Gasteiger partial charge in [0, 0.05) is 22.3 Å². The summed E-state index contributed by atoms with van der Waals surface area (Å²) in [4.78, 5) is 26.1. The van der Waals surface area contributed by atoms with Crippen LogP contribution in [0.5, 0.6) is 0 Å². The Morgan fingerprint density at radius 3 is 1.46 bits per heavy atom. The van der Waals surface area contributed by atoms with Crippen LogP contribution < -0.4 is 0 Å². The van der Waals surface area contributed by atoms with E-state index in [9.17, 15) is 9.59 Å². The van der Waals surface area contributed by atoms with Gasteiger partial charge in [-0.15, -0.1) is 0 Å². The van der Waals surface area contributed by atoms with Gasteiger partial charge < -0.3 is 0 Å². The molecule has 0 radical (unpaired) electrons. The predicted molar refractivity (Wildman–Crippen MR) is 93.9 cm³/mol. The lowest BCUT2D eigenvalue weighted by Crippen LogP contribution is -2.22. The smallest absolute Gasteiger partial charge is 0.194 e. The molecule has 116 valence electrons. The lowest BCUT2D eigenvalue weighted by atomic mass is 9.79. The summed E-state index contributed by atoms with van der Waals surface area (Å²) in [5.41, 5.74) is 4.74. The second-order valence-corrected chi connectivity index (χ2v) is 6.78. The van der Waals surface area contributed by atoms with Crippen LogP contribution in [0.1, 0.15) is 55.8 Å². The first-order chi connectivity index (χ1) is 11.7. The highest BCUT2D eigenvalue weighted by molar-refractivity contribution is 6.29. The average molecular weight is 312 g/mol. The van der Waals surface area contributed by atoms with Crippen molar-refractivity contribution in [3.8, 4) is 0 Å². The molecule has 2 heteroatoms. The molecule has 5 rings (SSSR count). The first kappa shape index (κ1) is 13.7. The van der Waals surface area contributed by atoms with Crippen molar-refractivity contribution in [3.05, 3.63) is 81.9 Å². The van der Waals surface area contributed by atoms with E-state index >= 15 is 0 Å². The summed E-state index contributed by atoms with van der Waals surface area (Å²) < 4.78 is 0. The van der Waals surface area contributed by atoms with E-state index in [4.69, 9.17) is 0 Å². The van der Waals surface area contributed by atoms with E-state index in [1.54, 1.807) is 0 Å². The van der Waals surface area contributed by atoms with Crippen LogP contribution in [0.25, 0.3) is 10.8 Å². The first-order valence-corrected chi connectivity index (χ1v) is 8.50. The molecule has 24 heavy (non-hydrogen) atoms. The normalized spacial score (nSPS) is 15.8. The van der Waals surface area contributed by atoms with E-state index in [0.717, 1.165) is 36.5 Å². The maximum atomic E-state index is 13.0. The Bertz CT molecular complexity index is 960. The molecule has 0 fully saturated rings. The van der Waals surface area contributed by atoms with E-state index in [1.807, 2.05) is 48.5 Å². The molecular formula is C22H16O2. The third-order valence-corrected chi connectivity index (χ3v) is 5.35. The number of ketones is 2. The Labute approximate surface area is 140 Å². The highest BCUT2D eigenvalue weighted by Crippen LogP contribution is 2.34. The Kier molecular flexibility index (Phi) is 2.78. The number of fused-ring (bicyclic) bond motifs is 4. The van der Waals surface area contributed by atoms with Gasteiger partial charge in [0.2, 0.25) is 0 Å². The largest absolute Gasteiger partial charge is 0.289 e. The van der Waals surface area contributed by atoms with Crippen LogP contribution in [0.15, 0.2) is 48.5 Å². The molecule has 0 unspecified atom stereocenters. The van der Waals surface area contributed by atoms with Crippen molar-refractivity contribution in [1.82, 2.24) is 0 Å². The minimum atomic E-state index is -0.0151. The van der Waals surface area contributed by atoms with Gasteiger partial charge >= 0.3 is 0 Å². The molecule has 0 amide bonds. The summed E-state index contributed by atoms with van der Waals surface area (Å²) >= 11 is 0. The molecular weight excluding hydrogens is 296 g/mol. The van der Waals surface area contributed by atoms with Gasteiger partial charge in [-0.05, 0) is 71.8 Å². The van der Waals surface area contributed by atoms with Gasteiger partial charge in [0.15, 0.2) is 11.6 Å². The predicted octanol–water partition coefficient (Wildman–Crippen LogP) is 4.49. The second kappa shape index (κ2) is 4.88. The third kappa shape index (κ3) is 1.83. The molecule has 0 saturated heterocycles. The number of carbonyl (C=O) groups excluding carboxylic acids is 2. The van der Waals surface area contributed by atoms with Gasteiger partial charge in [0.05, 0.1) is 0 Å². The van der Waals surface area contributed by atoms with E-state index in [0.29, 0.717) is 22.3 Å². The topological polar surface area (TPSA) is 34.1 Å². The zero-order valence-corrected chi connectivity index (χ0v) is 13.3. The summed E-state index contributed by atoms with van der Waals surface area (Å²) in [7, 11) is 0. The molecule has 2 aliphatic carbocycles. The number of benzene rings is 3. The van der Waals surface area contributed by atoms with Gasteiger partial charge in [0.25, 0.3) is 0 Å². The first-order valence-electron chi connectivity index (χ1n) is 8.50. The molecule has 0 atom stereocenters. The molecule has 0 aliphatic heterocycles. The van der Waals surface area contributed by atoms with Crippen LogP contribution in [0, 0.1) is 0 Å². The molecule has 0 N–H and O–H groups in total. The second-order valence-electron chi connectivity index (χ2n) is 6.78. The Balaban J connectivity index is 1.77. The maximum absolute atomic E-state index is 13.0. The van der Waals surface area contributed by atoms with Crippen molar-refractivity contribution in [2.75, 3.05) is 0 Å². The monoisotopic (exact) mass is 312 g/mol. The molecule has 2 aliphatic rings. The van der Waals surface area contributed by atoms with Crippen LogP contribution >= 0.6 is 0 Å². The number of carbonyl (C=O) groups is 2. The minimum absolute atomic E-state index is 0.0151. The van der Waals surface area contributed by atoms with Crippen LogP contribution in [0.4, 0.5) is 0 Å². The molecule has 0 bridgehead atoms. The Morgan fingerprint density at radius 1 is 0.583 bits per heavy atom. The van der Waals surface area contributed by atoms with E-state index in [1.165, 1.54) is 11.1 Å². The van der Waals surface area contributed by atoms with Gasteiger partial charge in [-0.25, -0.2) is 0 Å². The molecule has 3 aromatic carbocycles.